The third-order valence-electron chi connectivity index (χ3n) is 4.90. The number of fused-ring (bicyclic) bond motifs is 1. The topological polar surface area (TPSA) is 148 Å². The molecule has 2 aromatic heterocycles. The Labute approximate surface area is 171 Å². The number of ether oxygens (including phenoxy) is 3. The summed E-state index contributed by atoms with van der Waals surface area (Å²) < 4.78 is 46.2. The maximum atomic E-state index is 11.6. The van der Waals surface area contributed by atoms with Gasteiger partial charge in [0, 0.05) is 0 Å². The highest BCUT2D eigenvalue weighted by atomic mass is 32.2. The lowest BCUT2D eigenvalue weighted by Crippen LogP contribution is -2.43. The van der Waals surface area contributed by atoms with Gasteiger partial charge in [0.05, 0.1) is 31.2 Å². The van der Waals surface area contributed by atoms with Crippen LogP contribution in [0.5, 0.6) is 11.8 Å². The number of tetrazole rings is 1. The molecule has 1 aromatic carbocycles. The van der Waals surface area contributed by atoms with Crippen molar-refractivity contribution >= 4 is 10.0 Å². The standard InChI is InChI=1S/C16H18N8O5S/c1-30(25,26)20-12-6-27-15-13(7-28-14(12)15)24-16(19-21-22-24)29-11-4-2-10(3-5-11)23-9-17-8-18-23/h2-5,8-9,12-15,20H,6-7H2,1H3/t12-,13-,14+,15+/m0/s1. The summed E-state index contributed by atoms with van der Waals surface area (Å²) >= 11 is 0. The quantitative estimate of drug-likeness (QED) is 0.528. The molecular formula is C16H18N8O5S. The Morgan fingerprint density at radius 2 is 1.97 bits per heavy atom. The maximum absolute atomic E-state index is 11.6. The maximum Gasteiger partial charge on any atom is 0.341 e. The van der Waals surface area contributed by atoms with Crippen LogP contribution in [0.15, 0.2) is 36.9 Å². The number of nitrogens with one attached hydrogen (secondary N) is 1. The summed E-state index contributed by atoms with van der Waals surface area (Å²) in [6.45, 7) is 0.477. The number of hydrogen-bond donors (Lipinski definition) is 1. The predicted octanol–water partition coefficient (Wildman–Crippen LogP) is -0.697. The Morgan fingerprint density at radius 3 is 2.70 bits per heavy atom. The number of rotatable bonds is 6. The van der Waals surface area contributed by atoms with Crippen LogP contribution in [0.1, 0.15) is 6.04 Å². The lowest BCUT2D eigenvalue weighted by atomic mass is 10.1. The van der Waals surface area contributed by atoms with Crippen LogP contribution in [-0.2, 0) is 19.5 Å². The van der Waals surface area contributed by atoms with Gasteiger partial charge in [-0.1, -0.05) is 5.10 Å². The van der Waals surface area contributed by atoms with Crippen molar-refractivity contribution in [1.29, 1.82) is 0 Å². The smallest absolute Gasteiger partial charge is 0.341 e. The van der Waals surface area contributed by atoms with E-state index in [1.165, 1.54) is 11.0 Å². The number of aromatic nitrogens is 7. The van der Waals surface area contributed by atoms with Crippen LogP contribution in [0.3, 0.4) is 0 Å². The van der Waals surface area contributed by atoms with Gasteiger partial charge in [-0.25, -0.2) is 22.8 Å². The summed E-state index contributed by atoms with van der Waals surface area (Å²) in [4.78, 5) is 3.92. The van der Waals surface area contributed by atoms with Crippen LogP contribution in [0.2, 0.25) is 0 Å². The molecule has 4 heterocycles. The van der Waals surface area contributed by atoms with Crippen molar-refractivity contribution in [2.75, 3.05) is 19.5 Å². The van der Waals surface area contributed by atoms with Crippen molar-refractivity contribution in [3.05, 3.63) is 36.9 Å². The normalized spacial score (nSPS) is 26.0. The Balaban J connectivity index is 1.31. The molecule has 2 fully saturated rings. The molecule has 0 saturated carbocycles. The molecule has 158 valence electrons. The number of sulfonamides is 1. The van der Waals surface area contributed by atoms with E-state index in [1.54, 1.807) is 23.1 Å². The highest BCUT2D eigenvalue weighted by Gasteiger charge is 2.50. The number of hydrogen-bond acceptors (Lipinski definition) is 10. The molecule has 0 aliphatic carbocycles. The number of nitrogens with zero attached hydrogens (tertiary/aromatic N) is 7. The fourth-order valence-corrected chi connectivity index (χ4v) is 4.39. The third kappa shape index (κ3) is 3.65. The van der Waals surface area contributed by atoms with Gasteiger partial charge in [-0.3, -0.25) is 0 Å². The monoisotopic (exact) mass is 434 g/mol. The first-order chi connectivity index (χ1) is 14.5. The molecule has 0 bridgehead atoms. The van der Waals surface area contributed by atoms with E-state index in [2.05, 4.69) is 30.3 Å². The van der Waals surface area contributed by atoms with Crippen LogP contribution in [-0.4, -0.2) is 81.1 Å². The van der Waals surface area contributed by atoms with Gasteiger partial charge >= 0.3 is 6.01 Å². The second kappa shape index (κ2) is 7.39. The first-order valence-corrected chi connectivity index (χ1v) is 11.0. The van der Waals surface area contributed by atoms with Crippen LogP contribution in [0, 0.1) is 0 Å². The first-order valence-electron chi connectivity index (χ1n) is 9.09. The molecule has 2 aliphatic heterocycles. The average Bonchev–Trinajstić information content (AvgIpc) is 3.47. The summed E-state index contributed by atoms with van der Waals surface area (Å²) in [6.07, 6.45) is 3.33. The second-order valence-corrected chi connectivity index (χ2v) is 8.78. The molecule has 1 N–H and O–H groups in total. The van der Waals surface area contributed by atoms with Crippen LogP contribution < -0.4 is 9.46 Å². The van der Waals surface area contributed by atoms with Crippen molar-refractivity contribution in [2.24, 2.45) is 0 Å². The summed E-state index contributed by atoms with van der Waals surface area (Å²) in [5.74, 6) is 0.536. The molecule has 14 heteroatoms. The molecule has 2 aliphatic rings. The minimum Gasteiger partial charge on any atom is -0.423 e. The highest BCUT2D eigenvalue weighted by molar-refractivity contribution is 7.88. The Kier molecular flexibility index (Phi) is 4.69. The van der Waals surface area contributed by atoms with Crippen LogP contribution >= 0.6 is 0 Å². The fraction of sp³-hybridized carbons (Fsp3) is 0.438. The molecule has 0 spiro atoms. The Hall–Kier alpha value is -2.94. The molecule has 2 saturated heterocycles. The lowest BCUT2D eigenvalue weighted by molar-refractivity contribution is 0.0615. The molecule has 4 atom stereocenters. The van der Waals surface area contributed by atoms with Gasteiger partial charge in [0.25, 0.3) is 0 Å². The Bertz CT molecular complexity index is 1120. The van der Waals surface area contributed by atoms with E-state index in [0.29, 0.717) is 5.75 Å². The van der Waals surface area contributed by atoms with Crippen molar-refractivity contribution in [1.82, 2.24) is 39.7 Å². The molecule has 13 nitrogen and oxygen atoms in total. The van der Waals surface area contributed by atoms with Gasteiger partial charge < -0.3 is 14.2 Å². The van der Waals surface area contributed by atoms with E-state index in [4.69, 9.17) is 14.2 Å². The molecule has 0 unspecified atom stereocenters. The van der Waals surface area contributed by atoms with Crippen molar-refractivity contribution in [2.45, 2.75) is 24.3 Å². The molecule has 30 heavy (non-hydrogen) atoms. The van der Waals surface area contributed by atoms with Crippen molar-refractivity contribution < 1.29 is 22.6 Å². The van der Waals surface area contributed by atoms with E-state index in [1.807, 2.05) is 12.1 Å². The Morgan fingerprint density at radius 1 is 1.17 bits per heavy atom. The second-order valence-electron chi connectivity index (χ2n) is 7.00. The van der Waals surface area contributed by atoms with Crippen LogP contribution in [0.25, 0.3) is 5.69 Å². The zero-order chi connectivity index (χ0) is 20.7. The minimum absolute atomic E-state index is 0.181. The predicted molar refractivity (Wildman–Crippen MR) is 99.5 cm³/mol. The zero-order valence-electron chi connectivity index (χ0n) is 15.8. The molecule has 0 radical (unpaired) electrons. The molecule has 3 aromatic rings. The van der Waals surface area contributed by atoms with Gasteiger partial charge in [-0.15, -0.1) is 0 Å². The largest absolute Gasteiger partial charge is 0.423 e. The average molecular weight is 434 g/mol. The highest BCUT2D eigenvalue weighted by Crippen LogP contribution is 2.36. The van der Waals surface area contributed by atoms with Crippen molar-refractivity contribution in [3.8, 4) is 17.4 Å². The zero-order valence-corrected chi connectivity index (χ0v) is 16.6. The SMILES string of the molecule is CS(=O)(=O)N[C@H]1CO[C@H]2[C@@H]1OC[C@@H]2n1nnnc1Oc1ccc(-n2cncn2)cc1. The molecule has 0 amide bonds. The van der Waals surface area contributed by atoms with Gasteiger partial charge in [0.1, 0.15) is 36.7 Å². The van der Waals surface area contributed by atoms with Crippen molar-refractivity contribution in [3.63, 3.8) is 0 Å². The lowest BCUT2D eigenvalue weighted by Gasteiger charge is -2.17. The summed E-state index contributed by atoms with van der Waals surface area (Å²) in [6, 6.07) is 6.56. The van der Waals surface area contributed by atoms with E-state index >= 15 is 0 Å². The number of benzene rings is 1. The van der Waals surface area contributed by atoms with E-state index in [0.717, 1.165) is 11.9 Å². The van der Waals surface area contributed by atoms with E-state index in [-0.39, 0.29) is 25.3 Å². The summed E-state index contributed by atoms with van der Waals surface area (Å²) in [5, 5.41) is 15.8. The van der Waals surface area contributed by atoms with Gasteiger partial charge in [-0.2, -0.15) is 9.78 Å². The fourth-order valence-electron chi connectivity index (χ4n) is 3.64. The van der Waals surface area contributed by atoms with Crippen LogP contribution in [0.4, 0.5) is 0 Å². The summed E-state index contributed by atoms with van der Waals surface area (Å²) in [7, 11) is -3.38. The van der Waals surface area contributed by atoms with E-state index in [9.17, 15) is 8.42 Å². The molecular weight excluding hydrogens is 416 g/mol. The summed E-state index contributed by atoms with van der Waals surface area (Å²) in [5.41, 5.74) is 0.829. The van der Waals surface area contributed by atoms with Gasteiger partial charge in [0.15, 0.2) is 0 Å². The third-order valence-corrected chi connectivity index (χ3v) is 5.63. The molecule has 5 rings (SSSR count). The minimum atomic E-state index is -3.38. The van der Waals surface area contributed by atoms with Gasteiger partial charge in [0.2, 0.25) is 10.0 Å². The van der Waals surface area contributed by atoms with E-state index < -0.39 is 28.3 Å². The van der Waals surface area contributed by atoms with Gasteiger partial charge in [-0.05, 0) is 34.7 Å². The first kappa shape index (κ1) is 19.0.